The molecule has 3 atom stereocenters. The minimum absolute atomic E-state index is 0.0245. The molecule has 0 radical (unpaired) electrons. The molecule has 2 aromatic carbocycles. The first-order chi connectivity index (χ1) is 17.0. The van der Waals surface area contributed by atoms with Crippen LogP contribution in [-0.4, -0.2) is 54.5 Å². The lowest BCUT2D eigenvalue weighted by Crippen LogP contribution is -2.45. The quantitative estimate of drug-likeness (QED) is 0.505. The van der Waals surface area contributed by atoms with Gasteiger partial charge in [-0.25, -0.2) is 9.59 Å². The van der Waals surface area contributed by atoms with Gasteiger partial charge in [-0.15, -0.1) is 11.8 Å². The Labute approximate surface area is 204 Å². The standard InChI is InChI=1S/C27H28N2O6/c1-2-3-12-23(26(31)32)29-25(30)24-14-13-17(35-24)15-28-27(33)34-16-22-20-10-6-4-8-18(20)19-9-5-7-11-21(19)22/h4-11,17,22-24H,12-16H2,1H3,(H,28,33)(H,29,30)(H,31,32). The van der Waals surface area contributed by atoms with Crippen LogP contribution in [0.5, 0.6) is 0 Å². The molecule has 2 amide bonds. The molecule has 0 saturated carbocycles. The normalized spacial score (nSPS) is 19.0. The zero-order chi connectivity index (χ0) is 24.8. The number of carboxylic acid groups (broad SMARTS) is 1. The zero-order valence-electron chi connectivity index (χ0n) is 19.5. The Morgan fingerprint density at radius 3 is 2.37 bits per heavy atom. The molecule has 0 aromatic heterocycles. The second-order valence-electron chi connectivity index (χ2n) is 8.56. The number of rotatable bonds is 8. The molecule has 0 spiro atoms. The summed E-state index contributed by atoms with van der Waals surface area (Å²) in [4.78, 5) is 36.1. The molecule has 3 N–H and O–H groups in total. The van der Waals surface area contributed by atoms with Crippen molar-refractivity contribution in [3.8, 4) is 23.0 Å². The fourth-order valence-electron chi connectivity index (χ4n) is 4.56. The van der Waals surface area contributed by atoms with Crippen LogP contribution in [0.2, 0.25) is 0 Å². The van der Waals surface area contributed by atoms with E-state index in [2.05, 4.69) is 46.7 Å². The predicted molar refractivity (Wildman–Crippen MR) is 129 cm³/mol. The summed E-state index contributed by atoms with van der Waals surface area (Å²) >= 11 is 0. The Morgan fingerprint density at radius 1 is 1.09 bits per heavy atom. The number of hydrogen-bond acceptors (Lipinski definition) is 5. The maximum Gasteiger partial charge on any atom is 0.407 e. The summed E-state index contributed by atoms with van der Waals surface area (Å²) in [6.07, 6.45) is -0.641. The smallest absolute Gasteiger partial charge is 0.407 e. The molecule has 8 heteroatoms. The number of fused-ring (bicyclic) bond motifs is 3. The molecule has 1 heterocycles. The molecule has 35 heavy (non-hydrogen) atoms. The van der Waals surface area contributed by atoms with Crippen LogP contribution in [0.25, 0.3) is 11.1 Å². The molecule has 3 unspecified atom stereocenters. The topological polar surface area (TPSA) is 114 Å². The minimum Gasteiger partial charge on any atom is -0.480 e. The van der Waals surface area contributed by atoms with E-state index < -0.39 is 30.1 Å². The number of hydrogen-bond donors (Lipinski definition) is 3. The summed E-state index contributed by atoms with van der Waals surface area (Å²) in [5.74, 6) is 3.63. The molecule has 182 valence electrons. The molecule has 1 fully saturated rings. The maximum atomic E-state index is 12.4. The number of nitrogens with one attached hydrogen (secondary N) is 2. The lowest BCUT2D eigenvalue weighted by atomic mass is 9.98. The van der Waals surface area contributed by atoms with E-state index in [-0.39, 0.29) is 31.6 Å². The van der Waals surface area contributed by atoms with Gasteiger partial charge in [0.2, 0.25) is 5.91 Å². The van der Waals surface area contributed by atoms with Gasteiger partial charge in [0, 0.05) is 18.9 Å². The highest BCUT2D eigenvalue weighted by Crippen LogP contribution is 2.44. The van der Waals surface area contributed by atoms with Crippen LogP contribution < -0.4 is 10.6 Å². The van der Waals surface area contributed by atoms with Crippen molar-refractivity contribution in [2.75, 3.05) is 13.2 Å². The van der Waals surface area contributed by atoms with Crippen molar-refractivity contribution in [1.29, 1.82) is 0 Å². The third-order valence-corrected chi connectivity index (χ3v) is 6.32. The molecule has 1 aliphatic heterocycles. The lowest BCUT2D eigenvalue weighted by Gasteiger charge is -2.18. The fraction of sp³-hybridized carbons (Fsp3) is 0.370. The zero-order valence-corrected chi connectivity index (χ0v) is 19.5. The highest BCUT2D eigenvalue weighted by molar-refractivity contribution is 5.86. The summed E-state index contributed by atoms with van der Waals surface area (Å²) in [5, 5.41) is 14.4. The monoisotopic (exact) mass is 476 g/mol. The molecule has 2 aliphatic rings. The summed E-state index contributed by atoms with van der Waals surface area (Å²) in [6, 6.07) is 15.2. The largest absolute Gasteiger partial charge is 0.480 e. The fourth-order valence-corrected chi connectivity index (χ4v) is 4.56. The maximum absolute atomic E-state index is 12.4. The molecular formula is C27H28N2O6. The number of benzene rings is 2. The van der Waals surface area contributed by atoms with Crippen molar-refractivity contribution in [3.63, 3.8) is 0 Å². The third-order valence-electron chi connectivity index (χ3n) is 6.32. The molecule has 2 aromatic rings. The number of carboxylic acids is 1. The van der Waals surface area contributed by atoms with E-state index >= 15 is 0 Å². The van der Waals surface area contributed by atoms with Crippen molar-refractivity contribution >= 4 is 18.0 Å². The number of alkyl carbamates (subject to hydrolysis) is 1. The van der Waals surface area contributed by atoms with E-state index in [4.69, 9.17) is 9.47 Å². The molecule has 1 aliphatic carbocycles. The SMILES string of the molecule is CC#CCC(NC(=O)C1CCC(CNC(=O)OCC2c3ccccc3-c3ccccc32)O1)C(=O)O. The van der Waals surface area contributed by atoms with Gasteiger partial charge in [-0.2, -0.15) is 0 Å². The van der Waals surface area contributed by atoms with Crippen LogP contribution in [0.3, 0.4) is 0 Å². The van der Waals surface area contributed by atoms with E-state index in [1.165, 1.54) is 0 Å². The van der Waals surface area contributed by atoms with Gasteiger partial charge in [-0.3, -0.25) is 4.79 Å². The van der Waals surface area contributed by atoms with Gasteiger partial charge >= 0.3 is 12.1 Å². The van der Waals surface area contributed by atoms with Crippen LogP contribution in [0.4, 0.5) is 4.79 Å². The van der Waals surface area contributed by atoms with Gasteiger partial charge in [0.15, 0.2) is 0 Å². The van der Waals surface area contributed by atoms with Crippen molar-refractivity contribution in [2.24, 2.45) is 0 Å². The van der Waals surface area contributed by atoms with E-state index in [0.29, 0.717) is 12.8 Å². The van der Waals surface area contributed by atoms with E-state index in [9.17, 15) is 19.5 Å². The van der Waals surface area contributed by atoms with Crippen molar-refractivity contribution in [2.45, 2.75) is 50.4 Å². The number of carbonyl (C=O) groups excluding carboxylic acids is 2. The molecular weight excluding hydrogens is 448 g/mol. The summed E-state index contributed by atoms with van der Waals surface area (Å²) in [7, 11) is 0. The highest BCUT2D eigenvalue weighted by Gasteiger charge is 2.33. The number of ether oxygens (including phenoxy) is 2. The predicted octanol–water partition coefficient (Wildman–Crippen LogP) is 3.06. The van der Waals surface area contributed by atoms with E-state index in [1.54, 1.807) is 6.92 Å². The minimum atomic E-state index is -1.15. The molecule has 0 bridgehead atoms. The average Bonchev–Trinajstić information content (AvgIpc) is 3.47. The number of carbonyl (C=O) groups is 3. The van der Waals surface area contributed by atoms with Gasteiger partial charge in [0.05, 0.1) is 6.10 Å². The van der Waals surface area contributed by atoms with Crippen molar-refractivity contribution in [3.05, 3.63) is 59.7 Å². The number of aliphatic carboxylic acids is 1. The first-order valence-corrected chi connectivity index (χ1v) is 11.6. The highest BCUT2D eigenvalue weighted by atomic mass is 16.5. The summed E-state index contributed by atoms with van der Waals surface area (Å²) in [6.45, 7) is 2.02. The Hall–Kier alpha value is -3.83. The molecule has 1 saturated heterocycles. The van der Waals surface area contributed by atoms with Crippen molar-refractivity contribution < 1.29 is 29.0 Å². The van der Waals surface area contributed by atoms with Crippen LogP contribution in [0.1, 0.15) is 43.2 Å². The van der Waals surface area contributed by atoms with Crippen LogP contribution in [0.15, 0.2) is 48.5 Å². The van der Waals surface area contributed by atoms with E-state index in [0.717, 1.165) is 22.3 Å². The second kappa shape index (κ2) is 11.1. The Kier molecular flexibility index (Phi) is 7.68. The van der Waals surface area contributed by atoms with Gasteiger partial charge in [-0.1, -0.05) is 48.5 Å². The van der Waals surface area contributed by atoms with Gasteiger partial charge in [0.25, 0.3) is 0 Å². The average molecular weight is 477 g/mol. The Balaban J connectivity index is 1.24. The molecule has 8 nitrogen and oxygen atoms in total. The first kappa shape index (κ1) is 24.3. The second-order valence-corrected chi connectivity index (χ2v) is 8.56. The van der Waals surface area contributed by atoms with Gasteiger partial charge in [-0.05, 0) is 42.0 Å². The number of amides is 2. The van der Waals surface area contributed by atoms with Crippen LogP contribution in [-0.2, 0) is 19.1 Å². The summed E-state index contributed by atoms with van der Waals surface area (Å²) in [5.41, 5.74) is 4.60. The third kappa shape index (κ3) is 5.64. The van der Waals surface area contributed by atoms with Gasteiger partial charge < -0.3 is 25.2 Å². The first-order valence-electron chi connectivity index (χ1n) is 11.6. The van der Waals surface area contributed by atoms with Crippen LogP contribution >= 0.6 is 0 Å². The molecule has 4 rings (SSSR count). The van der Waals surface area contributed by atoms with Crippen LogP contribution in [0, 0.1) is 11.8 Å². The Morgan fingerprint density at radius 2 is 1.74 bits per heavy atom. The van der Waals surface area contributed by atoms with Gasteiger partial charge in [0.1, 0.15) is 18.8 Å². The summed E-state index contributed by atoms with van der Waals surface area (Å²) < 4.78 is 11.2. The Bertz CT molecular complexity index is 1120. The lowest BCUT2D eigenvalue weighted by molar-refractivity contribution is -0.144. The van der Waals surface area contributed by atoms with E-state index in [1.807, 2.05) is 24.3 Å². The van der Waals surface area contributed by atoms with Crippen molar-refractivity contribution in [1.82, 2.24) is 10.6 Å².